The summed E-state index contributed by atoms with van der Waals surface area (Å²) in [6.07, 6.45) is 3.02. The number of benzene rings is 1. The molecular formula is C13H14BrClN2O3. The molecule has 1 fully saturated rings. The third-order valence-electron chi connectivity index (χ3n) is 3.56. The number of nitro benzene ring substituents is 1. The molecule has 0 saturated heterocycles. The molecule has 7 heteroatoms. The molecule has 0 radical (unpaired) electrons. The van der Waals surface area contributed by atoms with Gasteiger partial charge in [-0.15, -0.1) is 11.6 Å². The molecule has 2 rings (SSSR count). The molecule has 1 aliphatic rings. The average Bonchev–Trinajstić information content (AvgIpc) is 3.16. The minimum atomic E-state index is -0.516. The minimum absolute atomic E-state index is 0.105. The Morgan fingerprint density at radius 1 is 1.45 bits per heavy atom. The van der Waals surface area contributed by atoms with Crippen LogP contribution in [0.2, 0.25) is 0 Å². The number of halogens is 2. The number of nitrogens with zero attached hydrogens (tertiary/aromatic N) is 1. The second kappa shape index (κ2) is 6.10. The van der Waals surface area contributed by atoms with Crippen LogP contribution in [0.4, 0.5) is 5.69 Å². The zero-order chi connectivity index (χ0) is 14.8. The third kappa shape index (κ3) is 3.70. The Hall–Kier alpha value is -1.14. The number of nitro groups is 1. The monoisotopic (exact) mass is 360 g/mol. The van der Waals surface area contributed by atoms with Gasteiger partial charge >= 0.3 is 0 Å². The van der Waals surface area contributed by atoms with Gasteiger partial charge in [0.25, 0.3) is 11.6 Å². The normalized spacial score (nSPS) is 15.7. The van der Waals surface area contributed by atoms with Gasteiger partial charge in [-0.3, -0.25) is 14.9 Å². The van der Waals surface area contributed by atoms with Crippen molar-refractivity contribution in [2.24, 2.45) is 5.41 Å². The quantitative estimate of drug-likeness (QED) is 0.479. The van der Waals surface area contributed by atoms with Crippen molar-refractivity contribution >= 4 is 39.1 Å². The number of non-ortho nitro benzene ring substituents is 1. The topological polar surface area (TPSA) is 72.2 Å². The number of amides is 1. The summed E-state index contributed by atoms with van der Waals surface area (Å²) in [5, 5.41) is 13.6. The standard InChI is InChI=1S/C13H14BrClN2O3/c14-10-5-9(6-11(7-10)17(19)20)12(18)16-8-13(1-2-13)3-4-15/h5-7H,1-4,8H2,(H,16,18). The molecule has 0 spiro atoms. The number of alkyl halides is 1. The van der Waals surface area contributed by atoms with E-state index in [2.05, 4.69) is 21.2 Å². The molecule has 1 aromatic carbocycles. The molecule has 108 valence electrons. The van der Waals surface area contributed by atoms with Crippen molar-refractivity contribution in [3.8, 4) is 0 Å². The summed E-state index contributed by atoms with van der Waals surface area (Å²) < 4.78 is 0.513. The van der Waals surface area contributed by atoms with E-state index in [0.29, 0.717) is 16.9 Å². The first kappa shape index (κ1) is 15.3. The molecule has 0 bridgehead atoms. The van der Waals surface area contributed by atoms with Gasteiger partial charge in [-0.1, -0.05) is 15.9 Å². The number of hydrogen-bond acceptors (Lipinski definition) is 3. The van der Waals surface area contributed by atoms with Crippen molar-refractivity contribution in [2.45, 2.75) is 19.3 Å². The second-order valence-electron chi connectivity index (χ2n) is 5.08. The van der Waals surface area contributed by atoms with E-state index in [1.54, 1.807) is 6.07 Å². The van der Waals surface area contributed by atoms with Crippen LogP contribution in [-0.2, 0) is 0 Å². The van der Waals surface area contributed by atoms with Gasteiger partial charge in [0.15, 0.2) is 0 Å². The summed E-state index contributed by atoms with van der Waals surface area (Å²) in [4.78, 5) is 22.3. The number of carbonyl (C=O) groups is 1. The van der Waals surface area contributed by atoms with Crippen molar-refractivity contribution in [3.63, 3.8) is 0 Å². The SMILES string of the molecule is O=C(NCC1(CCCl)CC1)c1cc(Br)cc([N+](=O)[O-])c1. The van der Waals surface area contributed by atoms with Crippen LogP contribution in [-0.4, -0.2) is 23.3 Å². The van der Waals surface area contributed by atoms with Crippen LogP contribution in [0.3, 0.4) is 0 Å². The van der Waals surface area contributed by atoms with Gasteiger partial charge in [-0.05, 0) is 30.7 Å². The maximum Gasteiger partial charge on any atom is 0.271 e. The predicted molar refractivity (Wildman–Crippen MR) is 80.1 cm³/mol. The highest BCUT2D eigenvalue weighted by molar-refractivity contribution is 9.10. The fourth-order valence-corrected chi connectivity index (χ4v) is 2.95. The lowest BCUT2D eigenvalue weighted by Crippen LogP contribution is -2.30. The van der Waals surface area contributed by atoms with Gasteiger partial charge in [0, 0.05) is 34.6 Å². The van der Waals surface area contributed by atoms with E-state index in [1.807, 2.05) is 0 Å². The summed E-state index contributed by atoms with van der Waals surface area (Å²) >= 11 is 8.92. The second-order valence-corrected chi connectivity index (χ2v) is 6.37. The number of rotatable bonds is 6. The highest BCUT2D eigenvalue weighted by Gasteiger charge is 2.41. The predicted octanol–water partition coefficient (Wildman–Crippen LogP) is 3.50. The first-order valence-corrected chi connectivity index (χ1v) is 7.58. The first-order chi connectivity index (χ1) is 9.46. The number of carbonyl (C=O) groups excluding carboxylic acids is 1. The molecule has 0 unspecified atom stereocenters. The van der Waals surface area contributed by atoms with Crippen LogP contribution in [0.25, 0.3) is 0 Å². The number of nitrogens with one attached hydrogen (secondary N) is 1. The highest BCUT2D eigenvalue weighted by atomic mass is 79.9. The molecular weight excluding hydrogens is 348 g/mol. The summed E-state index contributed by atoms with van der Waals surface area (Å²) in [5.41, 5.74) is 0.314. The average molecular weight is 362 g/mol. The van der Waals surface area contributed by atoms with E-state index in [1.165, 1.54) is 12.1 Å². The molecule has 1 aromatic rings. The van der Waals surface area contributed by atoms with Crippen LogP contribution >= 0.6 is 27.5 Å². The summed E-state index contributed by atoms with van der Waals surface area (Å²) in [7, 11) is 0. The van der Waals surface area contributed by atoms with Gasteiger partial charge in [0.1, 0.15) is 0 Å². The van der Waals surface area contributed by atoms with E-state index in [9.17, 15) is 14.9 Å². The Labute approximate surface area is 130 Å². The number of hydrogen-bond donors (Lipinski definition) is 1. The van der Waals surface area contributed by atoms with Gasteiger partial charge in [-0.25, -0.2) is 0 Å². The third-order valence-corrected chi connectivity index (χ3v) is 4.21. The fourth-order valence-electron chi connectivity index (χ4n) is 2.07. The van der Waals surface area contributed by atoms with Crippen LogP contribution in [0.5, 0.6) is 0 Å². The van der Waals surface area contributed by atoms with Crippen molar-refractivity contribution in [3.05, 3.63) is 38.3 Å². The summed E-state index contributed by atoms with van der Waals surface area (Å²) in [6, 6.07) is 4.22. The van der Waals surface area contributed by atoms with Crippen molar-refractivity contribution in [1.82, 2.24) is 5.32 Å². The Bertz CT molecular complexity index is 546. The van der Waals surface area contributed by atoms with Gasteiger partial charge < -0.3 is 5.32 Å². The first-order valence-electron chi connectivity index (χ1n) is 6.25. The van der Waals surface area contributed by atoms with Crippen LogP contribution in [0.1, 0.15) is 29.6 Å². The maximum atomic E-state index is 12.1. The Morgan fingerprint density at radius 2 is 2.15 bits per heavy atom. The van der Waals surface area contributed by atoms with E-state index in [-0.39, 0.29) is 22.6 Å². The molecule has 1 amide bonds. The molecule has 1 N–H and O–H groups in total. The van der Waals surface area contributed by atoms with E-state index < -0.39 is 4.92 Å². The summed E-state index contributed by atoms with van der Waals surface area (Å²) in [6.45, 7) is 0.568. The van der Waals surface area contributed by atoms with Crippen molar-refractivity contribution in [1.29, 1.82) is 0 Å². The molecule has 5 nitrogen and oxygen atoms in total. The van der Waals surface area contributed by atoms with Crippen LogP contribution in [0.15, 0.2) is 22.7 Å². The van der Waals surface area contributed by atoms with Crippen molar-refractivity contribution < 1.29 is 9.72 Å². The van der Waals surface area contributed by atoms with Crippen LogP contribution in [0, 0.1) is 15.5 Å². The lowest BCUT2D eigenvalue weighted by molar-refractivity contribution is -0.385. The van der Waals surface area contributed by atoms with Crippen LogP contribution < -0.4 is 5.32 Å². The molecule has 1 aliphatic carbocycles. The smallest absolute Gasteiger partial charge is 0.271 e. The van der Waals surface area contributed by atoms with Gasteiger partial charge in [0.2, 0.25) is 0 Å². The molecule has 0 aliphatic heterocycles. The minimum Gasteiger partial charge on any atom is -0.351 e. The van der Waals surface area contributed by atoms with Gasteiger partial charge in [0.05, 0.1) is 4.92 Å². The largest absolute Gasteiger partial charge is 0.351 e. The van der Waals surface area contributed by atoms with Gasteiger partial charge in [-0.2, -0.15) is 0 Å². The highest BCUT2D eigenvalue weighted by Crippen LogP contribution is 2.48. The van der Waals surface area contributed by atoms with Crippen molar-refractivity contribution in [2.75, 3.05) is 12.4 Å². The fraction of sp³-hybridized carbons (Fsp3) is 0.462. The molecule has 0 heterocycles. The maximum absolute atomic E-state index is 12.1. The molecule has 0 atom stereocenters. The molecule has 1 saturated carbocycles. The summed E-state index contributed by atoms with van der Waals surface area (Å²) in [5.74, 6) is 0.286. The Balaban J connectivity index is 2.04. The van der Waals surface area contributed by atoms with E-state index in [0.717, 1.165) is 19.3 Å². The zero-order valence-electron chi connectivity index (χ0n) is 10.7. The zero-order valence-corrected chi connectivity index (χ0v) is 13.0. The van der Waals surface area contributed by atoms with E-state index >= 15 is 0 Å². The Kier molecular flexibility index (Phi) is 4.65. The Morgan fingerprint density at radius 3 is 2.70 bits per heavy atom. The molecule has 0 aromatic heterocycles. The molecule has 20 heavy (non-hydrogen) atoms. The lowest BCUT2D eigenvalue weighted by Gasteiger charge is -2.14. The van der Waals surface area contributed by atoms with E-state index in [4.69, 9.17) is 11.6 Å². The lowest BCUT2D eigenvalue weighted by atomic mass is 10.0.